The zero-order valence-corrected chi connectivity index (χ0v) is 9.55. The van der Waals surface area contributed by atoms with Gasteiger partial charge in [-0.3, -0.25) is 11.3 Å². The van der Waals surface area contributed by atoms with Crippen LogP contribution in [0.2, 0.25) is 0 Å². The smallest absolute Gasteiger partial charge is 0.0669 e. The zero-order chi connectivity index (χ0) is 10.4. The normalized spacial score (nSPS) is 13.4. The van der Waals surface area contributed by atoms with Gasteiger partial charge in [-0.05, 0) is 23.9 Å². The average Bonchev–Trinajstić information content (AvgIpc) is 2.73. The molecular formula is C9H18N4S. The maximum Gasteiger partial charge on any atom is 0.0669 e. The van der Waals surface area contributed by atoms with Crippen molar-refractivity contribution >= 4 is 11.5 Å². The second-order valence-corrected chi connectivity index (χ2v) is 4.27. The van der Waals surface area contributed by atoms with Crippen molar-refractivity contribution in [3.63, 3.8) is 0 Å². The van der Waals surface area contributed by atoms with Crippen LogP contribution in [0.4, 0.5) is 0 Å². The predicted octanol–water partition coefficient (Wildman–Crippen LogP) is 1.87. The van der Waals surface area contributed by atoms with E-state index in [0.29, 0.717) is 0 Å². The first-order valence-corrected chi connectivity index (χ1v) is 5.82. The van der Waals surface area contributed by atoms with Crippen LogP contribution in [0.25, 0.3) is 0 Å². The lowest BCUT2D eigenvalue weighted by Gasteiger charge is -2.19. The number of nitrogens with zero attached hydrogens (tertiary/aromatic N) is 2. The minimum atomic E-state index is 0.208. The summed E-state index contributed by atoms with van der Waals surface area (Å²) in [7, 11) is 0. The van der Waals surface area contributed by atoms with E-state index in [0.717, 1.165) is 17.2 Å². The second-order valence-electron chi connectivity index (χ2n) is 3.46. The molecule has 1 unspecified atom stereocenters. The van der Waals surface area contributed by atoms with Gasteiger partial charge in [0.15, 0.2) is 0 Å². The van der Waals surface area contributed by atoms with E-state index in [-0.39, 0.29) is 6.04 Å². The molecule has 0 aromatic carbocycles. The monoisotopic (exact) mass is 214 g/mol. The first-order chi connectivity index (χ1) is 6.81. The van der Waals surface area contributed by atoms with Crippen LogP contribution in [0.3, 0.4) is 0 Å². The Kier molecular flexibility index (Phi) is 5.00. The van der Waals surface area contributed by atoms with Crippen molar-refractivity contribution in [2.24, 2.45) is 11.8 Å². The van der Waals surface area contributed by atoms with Crippen molar-refractivity contribution in [3.05, 3.63) is 11.1 Å². The number of hydrazine groups is 1. The molecule has 14 heavy (non-hydrogen) atoms. The van der Waals surface area contributed by atoms with Crippen molar-refractivity contribution in [2.45, 2.75) is 39.2 Å². The van der Waals surface area contributed by atoms with Crippen LogP contribution in [-0.2, 0) is 0 Å². The molecule has 0 aliphatic heterocycles. The molecule has 0 aliphatic rings. The van der Waals surface area contributed by atoms with Crippen LogP contribution in [0.15, 0.2) is 6.20 Å². The lowest BCUT2D eigenvalue weighted by Crippen LogP contribution is -2.29. The molecule has 0 saturated heterocycles. The molecule has 0 spiro atoms. The van der Waals surface area contributed by atoms with Crippen molar-refractivity contribution in [3.8, 4) is 0 Å². The number of hydrogen-bond acceptors (Lipinski definition) is 5. The Balaban J connectivity index is 2.55. The molecule has 4 nitrogen and oxygen atoms in total. The van der Waals surface area contributed by atoms with E-state index in [2.05, 4.69) is 28.9 Å². The fourth-order valence-electron chi connectivity index (χ4n) is 1.55. The van der Waals surface area contributed by atoms with Gasteiger partial charge in [-0.15, -0.1) is 5.10 Å². The van der Waals surface area contributed by atoms with Crippen molar-refractivity contribution < 1.29 is 0 Å². The minimum absolute atomic E-state index is 0.208. The van der Waals surface area contributed by atoms with E-state index in [1.165, 1.54) is 24.4 Å². The summed E-state index contributed by atoms with van der Waals surface area (Å²) in [4.78, 5) is 1.12. The maximum atomic E-state index is 5.52. The summed E-state index contributed by atoms with van der Waals surface area (Å²) in [5.41, 5.74) is 2.83. The highest BCUT2D eigenvalue weighted by atomic mass is 32.1. The molecule has 1 atom stereocenters. The summed E-state index contributed by atoms with van der Waals surface area (Å²) < 4.78 is 3.85. The predicted molar refractivity (Wildman–Crippen MR) is 58.7 cm³/mol. The Hall–Kier alpha value is -0.520. The van der Waals surface area contributed by atoms with E-state index in [9.17, 15) is 0 Å². The first-order valence-electron chi connectivity index (χ1n) is 5.05. The molecule has 0 amide bonds. The van der Waals surface area contributed by atoms with Gasteiger partial charge in [0.25, 0.3) is 0 Å². The van der Waals surface area contributed by atoms with E-state index in [1.54, 1.807) is 6.20 Å². The van der Waals surface area contributed by atoms with Crippen molar-refractivity contribution in [2.75, 3.05) is 0 Å². The average molecular weight is 214 g/mol. The lowest BCUT2D eigenvalue weighted by molar-refractivity contribution is 0.378. The molecule has 0 radical (unpaired) electrons. The third kappa shape index (κ3) is 3.01. The fourth-order valence-corrected chi connectivity index (χ4v) is 2.12. The molecule has 3 N–H and O–H groups in total. The highest BCUT2D eigenvalue weighted by molar-refractivity contribution is 7.05. The van der Waals surface area contributed by atoms with E-state index in [1.807, 2.05) is 0 Å². The largest absolute Gasteiger partial charge is 0.271 e. The van der Waals surface area contributed by atoms with Gasteiger partial charge in [0.05, 0.1) is 17.1 Å². The molecule has 5 heteroatoms. The van der Waals surface area contributed by atoms with Gasteiger partial charge >= 0.3 is 0 Å². The summed E-state index contributed by atoms with van der Waals surface area (Å²) in [5, 5.41) is 3.82. The zero-order valence-electron chi connectivity index (χ0n) is 8.73. The van der Waals surface area contributed by atoms with Crippen LogP contribution >= 0.6 is 11.5 Å². The first kappa shape index (κ1) is 11.6. The van der Waals surface area contributed by atoms with Gasteiger partial charge in [-0.1, -0.05) is 31.2 Å². The molecule has 80 valence electrons. The fraction of sp³-hybridized carbons (Fsp3) is 0.778. The van der Waals surface area contributed by atoms with Crippen LogP contribution < -0.4 is 11.3 Å². The molecule has 0 bridgehead atoms. The molecule has 0 aliphatic carbocycles. The van der Waals surface area contributed by atoms with E-state index >= 15 is 0 Å². The lowest BCUT2D eigenvalue weighted by atomic mass is 9.94. The summed E-state index contributed by atoms with van der Waals surface area (Å²) in [5.74, 6) is 6.24. The number of aromatic nitrogens is 2. The number of nitrogens with two attached hydrogens (primary N) is 1. The molecule has 1 heterocycles. The van der Waals surface area contributed by atoms with Gasteiger partial charge in [0.2, 0.25) is 0 Å². The Morgan fingerprint density at radius 2 is 2.21 bits per heavy atom. The molecule has 0 fully saturated rings. The van der Waals surface area contributed by atoms with Crippen LogP contribution in [0.5, 0.6) is 0 Å². The van der Waals surface area contributed by atoms with Crippen LogP contribution in [-0.4, -0.2) is 9.59 Å². The SMILES string of the molecule is CCC(CC)CC(NN)c1cnns1. The summed E-state index contributed by atoms with van der Waals surface area (Å²) in [6, 6.07) is 0.208. The Morgan fingerprint density at radius 1 is 1.50 bits per heavy atom. The van der Waals surface area contributed by atoms with Gasteiger partial charge in [0, 0.05) is 0 Å². The van der Waals surface area contributed by atoms with E-state index in [4.69, 9.17) is 5.84 Å². The molecule has 1 aromatic heterocycles. The van der Waals surface area contributed by atoms with Gasteiger partial charge in [-0.2, -0.15) is 0 Å². The molecular weight excluding hydrogens is 196 g/mol. The van der Waals surface area contributed by atoms with E-state index < -0.39 is 0 Å². The quantitative estimate of drug-likeness (QED) is 0.560. The van der Waals surface area contributed by atoms with Crippen LogP contribution in [0, 0.1) is 5.92 Å². The number of nitrogens with one attached hydrogen (secondary N) is 1. The third-order valence-electron chi connectivity index (χ3n) is 2.65. The minimum Gasteiger partial charge on any atom is -0.271 e. The Bertz CT molecular complexity index is 233. The standard InChI is InChI=1S/C9H18N4S/c1-3-7(4-2)5-8(12-10)9-6-11-13-14-9/h6-8,12H,3-5,10H2,1-2H3. The van der Waals surface area contributed by atoms with Gasteiger partial charge < -0.3 is 0 Å². The summed E-state index contributed by atoms with van der Waals surface area (Å²) in [6.45, 7) is 4.43. The molecule has 1 rings (SSSR count). The van der Waals surface area contributed by atoms with Gasteiger partial charge in [-0.25, -0.2) is 0 Å². The molecule has 0 saturated carbocycles. The summed E-state index contributed by atoms with van der Waals surface area (Å²) >= 11 is 1.41. The maximum absolute atomic E-state index is 5.52. The third-order valence-corrected chi connectivity index (χ3v) is 3.42. The van der Waals surface area contributed by atoms with Crippen LogP contribution in [0.1, 0.15) is 44.0 Å². The Morgan fingerprint density at radius 3 is 2.64 bits per heavy atom. The van der Waals surface area contributed by atoms with Crippen molar-refractivity contribution in [1.82, 2.24) is 15.0 Å². The highest BCUT2D eigenvalue weighted by Gasteiger charge is 2.16. The van der Waals surface area contributed by atoms with Crippen molar-refractivity contribution in [1.29, 1.82) is 0 Å². The van der Waals surface area contributed by atoms with Gasteiger partial charge in [0.1, 0.15) is 0 Å². The summed E-state index contributed by atoms with van der Waals surface area (Å²) in [6.07, 6.45) is 5.24. The Labute approximate surface area is 89.0 Å². The number of hydrogen-bond donors (Lipinski definition) is 2. The topological polar surface area (TPSA) is 63.8 Å². The highest BCUT2D eigenvalue weighted by Crippen LogP contribution is 2.25. The second kappa shape index (κ2) is 6.06. The molecule has 1 aromatic rings. The number of rotatable bonds is 6.